The van der Waals surface area contributed by atoms with Crippen LogP contribution in [0.1, 0.15) is 57.6 Å². The van der Waals surface area contributed by atoms with E-state index in [0.717, 1.165) is 32.5 Å². The van der Waals surface area contributed by atoms with Gasteiger partial charge in [-0.15, -0.1) is 0 Å². The van der Waals surface area contributed by atoms with Gasteiger partial charge in [0.1, 0.15) is 5.60 Å². The van der Waals surface area contributed by atoms with Gasteiger partial charge in [0.25, 0.3) is 0 Å². The fourth-order valence-electron chi connectivity index (χ4n) is 4.08. The van der Waals surface area contributed by atoms with Crippen LogP contribution in [0.4, 0.5) is 4.79 Å². The maximum atomic E-state index is 12.8. The van der Waals surface area contributed by atoms with Crippen molar-refractivity contribution < 1.29 is 14.3 Å². The summed E-state index contributed by atoms with van der Waals surface area (Å²) in [5, 5.41) is 3.11. The van der Waals surface area contributed by atoms with Crippen molar-refractivity contribution in [2.45, 2.75) is 65.1 Å². The van der Waals surface area contributed by atoms with Crippen molar-refractivity contribution in [2.75, 3.05) is 26.2 Å². The third kappa shape index (κ3) is 6.46. The Morgan fingerprint density at radius 2 is 1.76 bits per heavy atom. The number of likely N-dealkylation sites (tertiary alicyclic amines) is 2. The second-order valence-corrected chi connectivity index (χ2v) is 9.24. The lowest BCUT2D eigenvalue weighted by molar-refractivity contribution is -0.126. The van der Waals surface area contributed by atoms with Crippen LogP contribution in [-0.4, -0.2) is 53.6 Å². The SMILES string of the molecule is CC(C)(C)OC(=O)N1CCC[C@H](C(=O)NCc2ccccc2CN2CCCC2)C1. The summed E-state index contributed by atoms with van der Waals surface area (Å²) in [5.74, 6) is -0.156. The molecule has 0 radical (unpaired) electrons. The molecule has 6 nitrogen and oxygen atoms in total. The van der Waals surface area contributed by atoms with Gasteiger partial charge >= 0.3 is 6.09 Å². The molecule has 0 aromatic heterocycles. The minimum absolute atomic E-state index is 0.0224. The second-order valence-electron chi connectivity index (χ2n) is 9.24. The highest BCUT2D eigenvalue weighted by Gasteiger charge is 2.31. The third-order valence-corrected chi connectivity index (χ3v) is 5.61. The number of hydrogen-bond donors (Lipinski definition) is 1. The quantitative estimate of drug-likeness (QED) is 0.820. The number of carbonyl (C=O) groups is 2. The van der Waals surface area contributed by atoms with E-state index < -0.39 is 5.60 Å². The van der Waals surface area contributed by atoms with Gasteiger partial charge in [-0.05, 0) is 70.7 Å². The standard InChI is InChI=1S/C23H35N3O3/c1-23(2,3)29-22(28)26-14-8-11-20(17-26)21(27)24-15-18-9-4-5-10-19(18)16-25-12-6-7-13-25/h4-5,9-10,20H,6-8,11-17H2,1-3H3,(H,24,27)/t20-/m0/s1. The average molecular weight is 402 g/mol. The first-order chi connectivity index (χ1) is 13.8. The molecule has 29 heavy (non-hydrogen) atoms. The molecule has 2 saturated heterocycles. The second kappa shape index (κ2) is 9.61. The van der Waals surface area contributed by atoms with Crippen molar-refractivity contribution in [2.24, 2.45) is 5.92 Å². The molecule has 0 unspecified atom stereocenters. The van der Waals surface area contributed by atoms with E-state index in [9.17, 15) is 9.59 Å². The molecule has 1 aromatic carbocycles. The lowest BCUT2D eigenvalue weighted by atomic mass is 9.97. The van der Waals surface area contributed by atoms with Crippen molar-refractivity contribution in [1.82, 2.24) is 15.1 Å². The first-order valence-electron chi connectivity index (χ1n) is 10.9. The molecule has 0 spiro atoms. The van der Waals surface area contributed by atoms with Crippen LogP contribution >= 0.6 is 0 Å². The fourth-order valence-corrected chi connectivity index (χ4v) is 4.08. The van der Waals surface area contributed by atoms with Gasteiger partial charge in [0.2, 0.25) is 5.91 Å². The van der Waals surface area contributed by atoms with Crippen molar-refractivity contribution >= 4 is 12.0 Å². The number of amides is 2. The summed E-state index contributed by atoms with van der Waals surface area (Å²) in [6, 6.07) is 8.35. The van der Waals surface area contributed by atoms with E-state index in [-0.39, 0.29) is 17.9 Å². The Balaban J connectivity index is 1.53. The van der Waals surface area contributed by atoms with Gasteiger partial charge in [-0.2, -0.15) is 0 Å². The van der Waals surface area contributed by atoms with Crippen LogP contribution in [0.5, 0.6) is 0 Å². The molecule has 2 aliphatic rings. The van der Waals surface area contributed by atoms with Crippen LogP contribution in [-0.2, 0) is 22.6 Å². The summed E-state index contributed by atoms with van der Waals surface area (Å²) < 4.78 is 5.46. The zero-order chi connectivity index (χ0) is 20.9. The number of rotatable bonds is 5. The minimum atomic E-state index is -0.522. The molecule has 2 fully saturated rings. The normalized spacial score (nSPS) is 20.5. The number of nitrogens with one attached hydrogen (secondary N) is 1. The van der Waals surface area contributed by atoms with E-state index in [0.29, 0.717) is 19.6 Å². The molecule has 0 bridgehead atoms. The number of benzene rings is 1. The number of piperidine rings is 1. The molecule has 1 N–H and O–H groups in total. The van der Waals surface area contributed by atoms with Gasteiger partial charge in [-0.3, -0.25) is 9.69 Å². The summed E-state index contributed by atoms with van der Waals surface area (Å²) in [5.41, 5.74) is 1.94. The Morgan fingerprint density at radius 3 is 2.45 bits per heavy atom. The van der Waals surface area contributed by atoms with E-state index in [1.165, 1.54) is 24.0 Å². The molecular formula is C23H35N3O3. The monoisotopic (exact) mass is 401 g/mol. The maximum Gasteiger partial charge on any atom is 0.410 e. The number of ether oxygens (including phenoxy) is 1. The summed E-state index contributed by atoms with van der Waals surface area (Å²) >= 11 is 0. The first kappa shape index (κ1) is 21.6. The first-order valence-corrected chi connectivity index (χ1v) is 10.9. The predicted octanol–water partition coefficient (Wildman–Crippen LogP) is 3.55. The zero-order valence-corrected chi connectivity index (χ0v) is 18.1. The molecule has 2 aliphatic heterocycles. The van der Waals surface area contributed by atoms with Crippen LogP contribution in [0.15, 0.2) is 24.3 Å². The minimum Gasteiger partial charge on any atom is -0.444 e. The Kier molecular flexibility index (Phi) is 7.17. The smallest absolute Gasteiger partial charge is 0.410 e. The molecule has 2 amide bonds. The highest BCUT2D eigenvalue weighted by atomic mass is 16.6. The molecule has 3 rings (SSSR count). The lowest BCUT2D eigenvalue weighted by Gasteiger charge is -2.33. The summed E-state index contributed by atoms with van der Waals surface area (Å²) in [6.07, 6.45) is 3.85. The molecule has 0 saturated carbocycles. The third-order valence-electron chi connectivity index (χ3n) is 5.61. The molecular weight excluding hydrogens is 366 g/mol. The maximum absolute atomic E-state index is 12.8. The molecule has 2 heterocycles. The van der Waals surface area contributed by atoms with Crippen LogP contribution in [0.25, 0.3) is 0 Å². The van der Waals surface area contributed by atoms with Gasteiger partial charge in [0.05, 0.1) is 5.92 Å². The van der Waals surface area contributed by atoms with Crippen LogP contribution < -0.4 is 5.32 Å². The van der Waals surface area contributed by atoms with E-state index in [1.807, 2.05) is 26.8 Å². The van der Waals surface area contributed by atoms with Crippen molar-refractivity contribution in [1.29, 1.82) is 0 Å². The largest absolute Gasteiger partial charge is 0.444 e. The number of carbonyl (C=O) groups excluding carboxylic acids is 2. The molecule has 6 heteroatoms. The van der Waals surface area contributed by atoms with Crippen molar-refractivity contribution in [3.05, 3.63) is 35.4 Å². The summed E-state index contributed by atoms with van der Waals surface area (Å²) in [4.78, 5) is 29.3. The highest BCUT2D eigenvalue weighted by molar-refractivity contribution is 5.80. The van der Waals surface area contributed by atoms with Gasteiger partial charge in [0, 0.05) is 26.2 Å². The van der Waals surface area contributed by atoms with E-state index in [2.05, 4.69) is 28.4 Å². The topological polar surface area (TPSA) is 61.9 Å². The van der Waals surface area contributed by atoms with Crippen molar-refractivity contribution in [3.8, 4) is 0 Å². The molecule has 160 valence electrons. The number of nitrogens with zero attached hydrogens (tertiary/aromatic N) is 2. The Labute approximate surface area is 174 Å². The van der Waals surface area contributed by atoms with Crippen LogP contribution in [0.3, 0.4) is 0 Å². The van der Waals surface area contributed by atoms with Crippen LogP contribution in [0, 0.1) is 5.92 Å². The fraction of sp³-hybridized carbons (Fsp3) is 0.652. The Hall–Kier alpha value is -2.08. The van der Waals surface area contributed by atoms with Gasteiger partial charge in [0.15, 0.2) is 0 Å². The van der Waals surface area contributed by atoms with E-state index in [4.69, 9.17) is 4.74 Å². The van der Waals surface area contributed by atoms with Gasteiger partial charge in [-0.25, -0.2) is 4.79 Å². The zero-order valence-electron chi connectivity index (χ0n) is 18.1. The Bertz CT molecular complexity index is 708. The van der Waals surface area contributed by atoms with Gasteiger partial charge < -0.3 is 15.0 Å². The van der Waals surface area contributed by atoms with E-state index in [1.54, 1.807) is 4.90 Å². The molecule has 1 aromatic rings. The van der Waals surface area contributed by atoms with E-state index >= 15 is 0 Å². The Morgan fingerprint density at radius 1 is 1.07 bits per heavy atom. The van der Waals surface area contributed by atoms with Crippen molar-refractivity contribution in [3.63, 3.8) is 0 Å². The lowest BCUT2D eigenvalue weighted by Crippen LogP contribution is -2.47. The average Bonchev–Trinajstić information content (AvgIpc) is 3.19. The summed E-state index contributed by atoms with van der Waals surface area (Å²) in [7, 11) is 0. The predicted molar refractivity (Wildman–Crippen MR) is 113 cm³/mol. The number of hydrogen-bond acceptors (Lipinski definition) is 4. The van der Waals surface area contributed by atoms with Crippen LogP contribution in [0.2, 0.25) is 0 Å². The molecule has 1 atom stereocenters. The molecule has 0 aliphatic carbocycles. The summed E-state index contributed by atoms with van der Waals surface area (Å²) in [6.45, 7) is 10.4. The van der Waals surface area contributed by atoms with Gasteiger partial charge in [-0.1, -0.05) is 24.3 Å². The highest BCUT2D eigenvalue weighted by Crippen LogP contribution is 2.20.